The van der Waals surface area contributed by atoms with Gasteiger partial charge in [0.2, 0.25) is 5.91 Å². The largest absolute Gasteiger partial charge is 0.427 e. The van der Waals surface area contributed by atoms with Gasteiger partial charge in [0.25, 0.3) is 0 Å². The topological polar surface area (TPSA) is 55.4 Å². The fourth-order valence-corrected chi connectivity index (χ4v) is 2.61. The quantitative estimate of drug-likeness (QED) is 0.680. The van der Waals surface area contributed by atoms with Gasteiger partial charge in [0.05, 0.1) is 5.92 Å². The first-order valence-electron chi connectivity index (χ1n) is 6.74. The number of nitrogens with one attached hydrogen (secondary N) is 1. The molecular weight excluding hydrogens is 266 g/mol. The Morgan fingerprint density at radius 3 is 2.52 bits per heavy atom. The third kappa shape index (κ3) is 2.52. The molecule has 4 nitrogen and oxygen atoms in total. The minimum atomic E-state index is -0.359. The van der Waals surface area contributed by atoms with E-state index in [1.807, 2.05) is 37.3 Å². The van der Waals surface area contributed by atoms with Crippen molar-refractivity contribution in [2.45, 2.75) is 19.8 Å². The van der Waals surface area contributed by atoms with Gasteiger partial charge >= 0.3 is 5.97 Å². The van der Waals surface area contributed by atoms with Crippen molar-refractivity contribution in [1.29, 1.82) is 0 Å². The van der Waals surface area contributed by atoms with E-state index in [-0.39, 0.29) is 17.8 Å². The molecule has 1 heterocycles. The van der Waals surface area contributed by atoms with Crippen LogP contribution in [0.3, 0.4) is 0 Å². The highest BCUT2D eigenvalue weighted by Gasteiger charge is 2.31. The highest BCUT2D eigenvalue weighted by atomic mass is 16.5. The maximum Gasteiger partial charge on any atom is 0.308 e. The smallest absolute Gasteiger partial charge is 0.308 e. The molecule has 1 aliphatic heterocycles. The summed E-state index contributed by atoms with van der Waals surface area (Å²) in [5, 5.41) is 2.90. The van der Waals surface area contributed by atoms with Crippen molar-refractivity contribution in [3.05, 3.63) is 59.2 Å². The lowest BCUT2D eigenvalue weighted by Gasteiger charge is -2.10. The Bertz CT molecular complexity index is 719. The van der Waals surface area contributed by atoms with Crippen LogP contribution in [0.15, 0.2) is 42.5 Å². The van der Waals surface area contributed by atoms with Gasteiger partial charge in [0.15, 0.2) is 0 Å². The van der Waals surface area contributed by atoms with E-state index < -0.39 is 0 Å². The first-order valence-corrected chi connectivity index (χ1v) is 6.74. The standard InChI is InChI=1S/C17H15NO3/c1-10-3-8-15-14(9-10)16(17(20)18-15)12-4-6-13(7-5-12)21-11(2)19/h3-9,16H,1-2H3,(H,18,20). The molecular formula is C17H15NO3. The third-order valence-electron chi connectivity index (χ3n) is 3.51. The van der Waals surface area contributed by atoms with Crippen LogP contribution in [0, 0.1) is 6.92 Å². The van der Waals surface area contributed by atoms with Crippen LogP contribution in [0.4, 0.5) is 5.69 Å². The van der Waals surface area contributed by atoms with Gasteiger partial charge in [-0.1, -0.05) is 29.8 Å². The summed E-state index contributed by atoms with van der Waals surface area (Å²) in [6, 6.07) is 13.0. The van der Waals surface area contributed by atoms with Crippen molar-refractivity contribution < 1.29 is 14.3 Å². The van der Waals surface area contributed by atoms with E-state index in [1.165, 1.54) is 6.92 Å². The molecule has 1 atom stereocenters. The Labute approximate surface area is 122 Å². The van der Waals surface area contributed by atoms with Crippen molar-refractivity contribution >= 4 is 17.6 Å². The van der Waals surface area contributed by atoms with Gasteiger partial charge in [0.1, 0.15) is 5.75 Å². The monoisotopic (exact) mass is 281 g/mol. The molecule has 0 fully saturated rings. The maximum absolute atomic E-state index is 12.2. The van der Waals surface area contributed by atoms with Crippen molar-refractivity contribution in [3.63, 3.8) is 0 Å². The first kappa shape index (κ1) is 13.4. The second-order valence-electron chi connectivity index (χ2n) is 5.18. The lowest BCUT2D eigenvalue weighted by Crippen LogP contribution is -2.13. The second kappa shape index (κ2) is 5.05. The van der Waals surface area contributed by atoms with E-state index in [4.69, 9.17) is 4.74 Å². The molecule has 0 aromatic heterocycles. The molecule has 0 saturated heterocycles. The number of rotatable bonds is 2. The van der Waals surface area contributed by atoms with E-state index >= 15 is 0 Å². The van der Waals surface area contributed by atoms with E-state index in [2.05, 4.69) is 5.32 Å². The number of hydrogen-bond donors (Lipinski definition) is 1. The molecule has 1 N–H and O–H groups in total. The fraction of sp³-hybridized carbons (Fsp3) is 0.176. The summed E-state index contributed by atoms with van der Waals surface area (Å²) in [4.78, 5) is 23.1. The molecule has 3 rings (SSSR count). The zero-order valence-electron chi connectivity index (χ0n) is 11.8. The van der Waals surface area contributed by atoms with Crippen molar-refractivity contribution in [2.75, 3.05) is 5.32 Å². The van der Waals surface area contributed by atoms with Crippen LogP contribution in [0.25, 0.3) is 0 Å². The number of aryl methyl sites for hydroxylation is 1. The normalized spacial score (nSPS) is 16.3. The molecule has 1 unspecified atom stereocenters. The average molecular weight is 281 g/mol. The molecule has 0 bridgehead atoms. The molecule has 4 heteroatoms. The number of benzene rings is 2. The number of ether oxygens (including phenoxy) is 1. The van der Waals surface area contributed by atoms with Crippen LogP contribution in [0.5, 0.6) is 5.75 Å². The number of carbonyl (C=O) groups excluding carboxylic acids is 2. The summed E-state index contributed by atoms with van der Waals surface area (Å²) < 4.78 is 5.01. The van der Waals surface area contributed by atoms with E-state index in [1.54, 1.807) is 12.1 Å². The highest BCUT2D eigenvalue weighted by Crippen LogP contribution is 2.38. The number of fused-ring (bicyclic) bond motifs is 1. The van der Waals surface area contributed by atoms with Gasteiger partial charge in [-0.15, -0.1) is 0 Å². The molecule has 106 valence electrons. The minimum Gasteiger partial charge on any atom is -0.427 e. The highest BCUT2D eigenvalue weighted by molar-refractivity contribution is 6.05. The number of amides is 1. The summed E-state index contributed by atoms with van der Waals surface area (Å²) in [6.07, 6.45) is 0. The Morgan fingerprint density at radius 1 is 1.14 bits per heavy atom. The van der Waals surface area contributed by atoms with Crippen LogP contribution < -0.4 is 10.1 Å². The van der Waals surface area contributed by atoms with Crippen molar-refractivity contribution in [2.24, 2.45) is 0 Å². The van der Waals surface area contributed by atoms with Gasteiger partial charge in [-0.25, -0.2) is 0 Å². The number of esters is 1. The van der Waals surface area contributed by atoms with E-state index in [9.17, 15) is 9.59 Å². The lowest BCUT2D eigenvalue weighted by atomic mass is 9.92. The van der Waals surface area contributed by atoms with Crippen LogP contribution >= 0.6 is 0 Å². The Morgan fingerprint density at radius 2 is 1.86 bits per heavy atom. The molecule has 2 aromatic carbocycles. The van der Waals surface area contributed by atoms with Crippen LogP contribution in [-0.2, 0) is 9.59 Å². The van der Waals surface area contributed by atoms with Gasteiger partial charge in [-0.2, -0.15) is 0 Å². The number of carbonyl (C=O) groups is 2. The van der Waals surface area contributed by atoms with E-state index in [0.717, 1.165) is 22.4 Å². The second-order valence-corrected chi connectivity index (χ2v) is 5.18. The predicted molar refractivity (Wildman–Crippen MR) is 79.4 cm³/mol. The van der Waals surface area contributed by atoms with Gasteiger partial charge in [0, 0.05) is 12.6 Å². The Hall–Kier alpha value is -2.62. The molecule has 1 amide bonds. The molecule has 0 radical (unpaired) electrons. The summed E-state index contributed by atoms with van der Waals surface area (Å²) >= 11 is 0. The fourth-order valence-electron chi connectivity index (χ4n) is 2.61. The third-order valence-corrected chi connectivity index (χ3v) is 3.51. The summed E-state index contributed by atoms with van der Waals surface area (Å²) in [7, 11) is 0. The van der Waals surface area contributed by atoms with Crippen LogP contribution in [-0.4, -0.2) is 11.9 Å². The molecule has 0 spiro atoms. The van der Waals surface area contributed by atoms with Crippen LogP contribution in [0.2, 0.25) is 0 Å². The Balaban J connectivity index is 1.96. The van der Waals surface area contributed by atoms with Gasteiger partial charge in [-0.05, 0) is 36.2 Å². The number of anilines is 1. The average Bonchev–Trinajstić information content (AvgIpc) is 2.74. The first-order chi connectivity index (χ1) is 10.0. The summed E-state index contributed by atoms with van der Waals surface area (Å²) in [6.45, 7) is 3.36. The maximum atomic E-state index is 12.2. The number of hydrogen-bond acceptors (Lipinski definition) is 3. The van der Waals surface area contributed by atoms with Gasteiger partial charge in [-0.3, -0.25) is 9.59 Å². The predicted octanol–water partition coefficient (Wildman–Crippen LogP) is 3.00. The molecule has 1 aliphatic rings. The van der Waals surface area contributed by atoms with Crippen LogP contribution in [0.1, 0.15) is 29.5 Å². The SMILES string of the molecule is CC(=O)Oc1ccc(C2C(=O)Nc3ccc(C)cc32)cc1. The lowest BCUT2D eigenvalue weighted by molar-refractivity contribution is -0.131. The zero-order chi connectivity index (χ0) is 15.0. The molecule has 0 saturated carbocycles. The summed E-state index contributed by atoms with van der Waals surface area (Å²) in [5.74, 6) is -0.224. The zero-order valence-corrected chi connectivity index (χ0v) is 11.8. The summed E-state index contributed by atoms with van der Waals surface area (Å²) in [5.41, 5.74) is 3.85. The molecule has 21 heavy (non-hydrogen) atoms. The van der Waals surface area contributed by atoms with Crippen molar-refractivity contribution in [3.8, 4) is 5.75 Å². The van der Waals surface area contributed by atoms with Gasteiger partial charge < -0.3 is 10.1 Å². The molecule has 2 aromatic rings. The minimum absolute atomic E-state index is 0.0316. The Kier molecular flexibility index (Phi) is 3.22. The van der Waals surface area contributed by atoms with Crippen molar-refractivity contribution in [1.82, 2.24) is 0 Å². The van der Waals surface area contributed by atoms with E-state index in [0.29, 0.717) is 5.75 Å². The molecule has 0 aliphatic carbocycles.